The lowest BCUT2D eigenvalue weighted by atomic mass is 10.3. The first-order chi connectivity index (χ1) is 8.25. The van der Waals surface area contributed by atoms with Crippen LogP contribution < -0.4 is 5.43 Å². The zero-order valence-electron chi connectivity index (χ0n) is 9.34. The van der Waals surface area contributed by atoms with Gasteiger partial charge in [-0.2, -0.15) is 5.10 Å². The van der Waals surface area contributed by atoms with Crippen LogP contribution in [0.15, 0.2) is 34.1 Å². The lowest BCUT2D eigenvalue weighted by Gasteiger charge is -1.96. The van der Waals surface area contributed by atoms with Crippen molar-refractivity contribution in [2.75, 3.05) is 0 Å². The molecule has 0 spiro atoms. The molecule has 0 aliphatic carbocycles. The Kier molecular flexibility index (Phi) is 4.06. The highest BCUT2D eigenvalue weighted by molar-refractivity contribution is 7.11. The van der Waals surface area contributed by atoms with E-state index in [0.717, 1.165) is 9.75 Å². The molecule has 2 aromatic rings. The summed E-state index contributed by atoms with van der Waals surface area (Å²) in [7, 11) is 0. The summed E-state index contributed by atoms with van der Waals surface area (Å²) in [4.78, 5) is 13.6. The molecule has 2 aromatic heterocycles. The van der Waals surface area contributed by atoms with Gasteiger partial charge in [0.1, 0.15) is 0 Å². The van der Waals surface area contributed by atoms with Gasteiger partial charge < -0.3 is 0 Å². The number of nitrogens with one attached hydrogen (secondary N) is 1. The van der Waals surface area contributed by atoms with E-state index >= 15 is 0 Å². The second kappa shape index (κ2) is 5.75. The molecule has 0 aliphatic rings. The fourth-order valence-electron chi connectivity index (χ4n) is 1.29. The normalized spacial score (nSPS) is 10.9. The van der Waals surface area contributed by atoms with Crippen molar-refractivity contribution in [2.24, 2.45) is 5.10 Å². The highest BCUT2D eigenvalue weighted by Crippen LogP contribution is 2.12. The number of aryl methyl sites for hydroxylation is 1. The predicted octanol–water partition coefficient (Wildman–Crippen LogP) is 2.81. The van der Waals surface area contributed by atoms with Crippen molar-refractivity contribution in [2.45, 2.75) is 13.3 Å². The minimum atomic E-state index is -0.0853. The van der Waals surface area contributed by atoms with Gasteiger partial charge in [0.2, 0.25) is 5.91 Å². The zero-order chi connectivity index (χ0) is 12.1. The predicted molar refractivity (Wildman–Crippen MR) is 72.8 cm³/mol. The first-order valence-electron chi connectivity index (χ1n) is 5.14. The van der Waals surface area contributed by atoms with Crippen LogP contribution in [0.1, 0.15) is 15.3 Å². The second-order valence-corrected chi connectivity index (χ2v) is 5.50. The summed E-state index contributed by atoms with van der Waals surface area (Å²) in [5.74, 6) is -0.0853. The third kappa shape index (κ3) is 3.51. The Morgan fingerprint density at radius 3 is 2.94 bits per heavy atom. The molecular formula is C12H12N2OS2. The number of carbonyl (C=O) groups excluding carboxylic acids is 1. The highest BCUT2D eigenvalue weighted by Gasteiger charge is 2.02. The van der Waals surface area contributed by atoms with E-state index < -0.39 is 0 Å². The molecule has 88 valence electrons. The van der Waals surface area contributed by atoms with Crippen LogP contribution in [0.2, 0.25) is 0 Å². The average molecular weight is 264 g/mol. The lowest BCUT2D eigenvalue weighted by Crippen LogP contribution is -2.19. The van der Waals surface area contributed by atoms with Crippen LogP contribution in [0.5, 0.6) is 0 Å². The monoisotopic (exact) mass is 264 g/mol. The van der Waals surface area contributed by atoms with Crippen molar-refractivity contribution < 1.29 is 4.79 Å². The summed E-state index contributed by atoms with van der Waals surface area (Å²) < 4.78 is 0. The number of nitrogens with zero attached hydrogens (tertiary/aromatic N) is 1. The maximum Gasteiger partial charge on any atom is 0.245 e. The quantitative estimate of drug-likeness (QED) is 0.669. The second-order valence-electron chi connectivity index (χ2n) is 3.52. The van der Waals surface area contributed by atoms with E-state index in [-0.39, 0.29) is 5.91 Å². The molecule has 1 N–H and O–H groups in total. The largest absolute Gasteiger partial charge is 0.273 e. The molecule has 2 heterocycles. The Balaban J connectivity index is 1.84. The molecule has 0 fully saturated rings. The third-order valence-electron chi connectivity index (χ3n) is 2.19. The maximum absolute atomic E-state index is 11.5. The molecule has 3 nitrogen and oxygen atoms in total. The van der Waals surface area contributed by atoms with Crippen molar-refractivity contribution in [3.63, 3.8) is 0 Å². The number of carbonyl (C=O) groups is 1. The number of hydrogen-bond acceptors (Lipinski definition) is 4. The highest BCUT2D eigenvalue weighted by atomic mass is 32.1. The molecule has 0 saturated heterocycles. The van der Waals surface area contributed by atoms with Crippen LogP contribution in [0, 0.1) is 6.92 Å². The standard InChI is InChI=1S/C12H12N2OS2/c1-9-4-6-17-11(9)8-13-14-12(15)7-10-3-2-5-16-10/h2-6,8H,7H2,1H3,(H,14,15)/b13-8-. The average Bonchev–Trinajstić information content (AvgIpc) is 2.91. The molecule has 5 heteroatoms. The fourth-order valence-corrected chi connectivity index (χ4v) is 2.78. The van der Waals surface area contributed by atoms with Crippen LogP contribution >= 0.6 is 22.7 Å². The van der Waals surface area contributed by atoms with Crippen LogP contribution in [0.4, 0.5) is 0 Å². The molecule has 1 amide bonds. The van der Waals surface area contributed by atoms with Gasteiger partial charge in [-0.15, -0.1) is 22.7 Å². The Morgan fingerprint density at radius 1 is 1.41 bits per heavy atom. The van der Waals surface area contributed by atoms with Gasteiger partial charge in [-0.05, 0) is 35.4 Å². The van der Waals surface area contributed by atoms with Crippen molar-refractivity contribution in [3.05, 3.63) is 44.3 Å². The fraction of sp³-hybridized carbons (Fsp3) is 0.167. The van der Waals surface area contributed by atoms with E-state index in [1.807, 2.05) is 35.9 Å². The van der Waals surface area contributed by atoms with Crippen LogP contribution in [0.25, 0.3) is 0 Å². The summed E-state index contributed by atoms with van der Waals surface area (Å²) in [6, 6.07) is 5.91. The van der Waals surface area contributed by atoms with Gasteiger partial charge in [-0.1, -0.05) is 6.07 Å². The molecule has 0 aliphatic heterocycles. The maximum atomic E-state index is 11.5. The summed E-state index contributed by atoms with van der Waals surface area (Å²) in [5, 5.41) is 7.91. The summed E-state index contributed by atoms with van der Waals surface area (Å²) in [5.41, 5.74) is 3.70. The summed E-state index contributed by atoms with van der Waals surface area (Å²) in [6.07, 6.45) is 2.07. The molecular weight excluding hydrogens is 252 g/mol. The van der Waals surface area contributed by atoms with Gasteiger partial charge in [-0.25, -0.2) is 5.43 Å². The summed E-state index contributed by atoms with van der Waals surface area (Å²) >= 11 is 3.18. The van der Waals surface area contributed by atoms with E-state index in [4.69, 9.17) is 0 Å². The van der Waals surface area contributed by atoms with Gasteiger partial charge in [0.25, 0.3) is 0 Å². The van der Waals surface area contributed by atoms with Gasteiger partial charge in [0.15, 0.2) is 0 Å². The van der Waals surface area contributed by atoms with Crippen molar-refractivity contribution >= 4 is 34.8 Å². The Morgan fingerprint density at radius 2 is 2.29 bits per heavy atom. The van der Waals surface area contributed by atoms with Crippen molar-refractivity contribution in [3.8, 4) is 0 Å². The van der Waals surface area contributed by atoms with Crippen LogP contribution in [-0.4, -0.2) is 12.1 Å². The summed E-state index contributed by atoms with van der Waals surface area (Å²) in [6.45, 7) is 2.02. The van der Waals surface area contributed by atoms with Gasteiger partial charge in [0.05, 0.1) is 12.6 Å². The van der Waals surface area contributed by atoms with Gasteiger partial charge in [0, 0.05) is 9.75 Å². The van der Waals surface area contributed by atoms with E-state index in [0.29, 0.717) is 6.42 Å². The van der Waals surface area contributed by atoms with Crippen LogP contribution in [-0.2, 0) is 11.2 Å². The molecule has 0 radical (unpaired) electrons. The topological polar surface area (TPSA) is 41.5 Å². The Bertz CT molecular complexity index is 514. The Labute approximate surface area is 108 Å². The zero-order valence-corrected chi connectivity index (χ0v) is 11.0. The van der Waals surface area contributed by atoms with Crippen molar-refractivity contribution in [1.29, 1.82) is 0 Å². The van der Waals surface area contributed by atoms with E-state index in [1.165, 1.54) is 5.56 Å². The first kappa shape index (κ1) is 12.0. The number of thiophene rings is 2. The van der Waals surface area contributed by atoms with Crippen molar-refractivity contribution in [1.82, 2.24) is 5.43 Å². The molecule has 0 aromatic carbocycles. The molecule has 0 saturated carbocycles. The van der Waals surface area contributed by atoms with Crippen LogP contribution in [0.3, 0.4) is 0 Å². The number of hydrazone groups is 1. The number of amides is 1. The molecule has 17 heavy (non-hydrogen) atoms. The van der Waals surface area contributed by atoms with E-state index in [2.05, 4.69) is 10.5 Å². The molecule has 0 atom stereocenters. The SMILES string of the molecule is Cc1ccsc1/C=N\NC(=O)Cc1cccs1. The number of hydrogen-bond donors (Lipinski definition) is 1. The molecule has 0 bridgehead atoms. The number of rotatable bonds is 4. The van der Waals surface area contributed by atoms with E-state index in [9.17, 15) is 4.79 Å². The smallest absolute Gasteiger partial charge is 0.245 e. The first-order valence-corrected chi connectivity index (χ1v) is 6.90. The third-order valence-corrected chi connectivity index (χ3v) is 4.02. The van der Waals surface area contributed by atoms with E-state index in [1.54, 1.807) is 28.9 Å². The lowest BCUT2D eigenvalue weighted by molar-refractivity contribution is -0.120. The minimum absolute atomic E-state index is 0.0853. The van der Waals surface area contributed by atoms with Gasteiger partial charge >= 0.3 is 0 Å². The van der Waals surface area contributed by atoms with Gasteiger partial charge in [-0.3, -0.25) is 4.79 Å². The molecule has 2 rings (SSSR count). The Hall–Kier alpha value is -1.46. The molecule has 0 unspecified atom stereocenters. The minimum Gasteiger partial charge on any atom is -0.273 e.